The average molecular weight is 141 g/mol. The maximum absolute atomic E-state index is 10.3. The van der Waals surface area contributed by atoms with Crippen molar-refractivity contribution in [2.45, 2.75) is 13.7 Å². The van der Waals surface area contributed by atoms with Crippen LogP contribution in [-0.2, 0) is 16.3 Å². The molecule has 0 amide bonds. The van der Waals surface area contributed by atoms with Gasteiger partial charge in [-0.05, 0) is 0 Å². The van der Waals surface area contributed by atoms with Gasteiger partial charge in [0.25, 0.3) is 0 Å². The van der Waals surface area contributed by atoms with Crippen molar-refractivity contribution in [3.05, 3.63) is 12.7 Å². The number of nitrogens with zero attached hydrogens (tertiary/aromatic N) is 3. The maximum Gasteiger partial charge on any atom is 0.304 e. The van der Waals surface area contributed by atoms with E-state index in [2.05, 4.69) is 14.8 Å². The molecule has 54 valence electrons. The lowest BCUT2D eigenvalue weighted by Gasteiger charge is -1.98. The van der Waals surface area contributed by atoms with E-state index in [4.69, 9.17) is 0 Å². The van der Waals surface area contributed by atoms with Gasteiger partial charge in [0.05, 0.1) is 0 Å². The summed E-state index contributed by atoms with van der Waals surface area (Å²) in [5.41, 5.74) is 0. The van der Waals surface area contributed by atoms with Gasteiger partial charge in [0.15, 0.2) is 6.73 Å². The van der Waals surface area contributed by atoms with Crippen LogP contribution in [-0.4, -0.2) is 20.7 Å². The summed E-state index contributed by atoms with van der Waals surface area (Å²) < 4.78 is 6.03. The highest BCUT2D eigenvalue weighted by atomic mass is 16.5. The Bertz CT molecular complexity index is 207. The number of ether oxygens (including phenoxy) is 1. The predicted molar refractivity (Wildman–Crippen MR) is 31.8 cm³/mol. The first kappa shape index (κ1) is 6.73. The largest absolute Gasteiger partial charge is 0.442 e. The molecule has 0 spiro atoms. The van der Waals surface area contributed by atoms with E-state index in [1.807, 2.05) is 0 Å². The molecule has 1 heterocycles. The summed E-state index contributed by atoms with van der Waals surface area (Å²) in [6, 6.07) is 0. The van der Waals surface area contributed by atoms with Crippen LogP contribution in [0, 0.1) is 0 Å². The number of esters is 1. The van der Waals surface area contributed by atoms with E-state index in [-0.39, 0.29) is 12.7 Å². The molecule has 0 aliphatic carbocycles. The molecule has 0 bridgehead atoms. The van der Waals surface area contributed by atoms with E-state index in [0.29, 0.717) is 0 Å². The first-order chi connectivity index (χ1) is 4.79. The van der Waals surface area contributed by atoms with Crippen molar-refractivity contribution in [3.63, 3.8) is 0 Å². The van der Waals surface area contributed by atoms with Crippen molar-refractivity contribution in [2.24, 2.45) is 0 Å². The molecule has 0 aliphatic heterocycles. The van der Waals surface area contributed by atoms with Gasteiger partial charge >= 0.3 is 5.97 Å². The van der Waals surface area contributed by atoms with E-state index >= 15 is 0 Å². The van der Waals surface area contributed by atoms with Crippen LogP contribution in [0.1, 0.15) is 6.92 Å². The molecule has 5 nitrogen and oxygen atoms in total. The van der Waals surface area contributed by atoms with Crippen LogP contribution in [0.25, 0.3) is 0 Å². The zero-order chi connectivity index (χ0) is 7.40. The van der Waals surface area contributed by atoms with E-state index < -0.39 is 0 Å². The second-order valence-corrected chi connectivity index (χ2v) is 1.70. The smallest absolute Gasteiger partial charge is 0.304 e. The molecular formula is C5H7N3O2. The van der Waals surface area contributed by atoms with Crippen molar-refractivity contribution >= 4 is 5.97 Å². The second kappa shape index (κ2) is 2.95. The highest BCUT2D eigenvalue weighted by Gasteiger charge is 1.92. The lowest BCUT2D eigenvalue weighted by atomic mass is 10.8. The average Bonchev–Trinajstić information content (AvgIpc) is 2.34. The van der Waals surface area contributed by atoms with E-state index in [0.717, 1.165) is 0 Å². The number of hydrogen-bond acceptors (Lipinski definition) is 4. The third kappa shape index (κ3) is 1.85. The molecule has 0 unspecified atom stereocenters. The first-order valence-electron chi connectivity index (χ1n) is 2.75. The fourth-order valence-electron chi connectivity index (χ4n) is 0.456. The van der Waals surface area contributed by atoms with Gasteiger partial charge in [-0.15, -0.1) is 0 Å². The van der Waals surface area contributed by atoms with Crippen LogP contribution in [0.5, 0.6) is 0 Å². The molecule has 1 rings (SSSR count). The number of aromatic nitrogens is 3. The van der Waals surface area contributed by atoms with Crippen LogP contribution < -0.4 is 0 Å². The molecule has 0 N–H and O–H groups in total. The Morgan fingerprint density at radius 2 is 2.60 bits per heavy atom. The molecule has 0 saturated carbocycles. The van der Waals surface area contributed by atoms with Gasteiger partial charge in [0.1, 0.15) is 12.7 Å². The number of carbonyl (C=O) groups is 1. The standard InChI is InChI=1S/C5H7N3O2/c1-5(9)10-4-8-3-6-2-7-8/h2-3H,4H2,1H3. The Hall–Kier alpha value is -1.39. The minimum Gasteiger partial charge on any atom is -0.442 e. The number of rotatable bonds is 2. The molecule has 0 aliphatic rings. The van der Waals surface area contributed by atoms with Crippen molar-refractivity contribution < 1.29 is 9.53 Å². The molecule has 5 heteroatoms. The third-order valence-electron chi connectivity index (χ3n) is 0.867. The van der Waals surface area contributed by atoms with Gasteiger partial charge < -0.3 is 4.74 Å². The van der Waals surface area contributed by atoms with Crippen molar-refractivity contribution in [1.82, 2.24) is 14.8 Å². The van der Waals surface area contributed by atoms with Crippen molar-refractivity contribution in [3.8, 4) is 0 Å². The van der Waals surface area contributed by atoms with Crippen LogP contribution in [0.3, 0.4) is 0 Å². The molecule has 0 fully saturated rings. The summed E-state index contributed by atoms with van der Waals surface area (Å²) in [5, 5.41) is 3.72. The molecule has 0 aromatic carbocycles. The Labute approximate surface area is 57.6 Å². The minimum atomic E-state index is -0.324. The van der Waals surface area contributed by atoms with Gasteiger partial charge in [-0.3, -0.25) is 4.79 Å². The summed E-state index contributed by atoms with van der Waals surface area (Å²) in [5.74, 6) is -0.324. The van der Waals surface area contributed by atoms with Crippen molar-refractivity contribution in [1.29, 1.82) is 0 Å². The summed E-state index contributed by atoms with van der Waals surface area (Å²) in [6.07, 6.45) is 2.85. The van der Waals surface area contributed by atoms with Crippen LogP contribution >= 0.6 is 0 Å². The zero-order valence-electron chi connectivity index (χ0n) is 5.52. The molecule has 0 saturated heterocycles. The molecule has 0 atom stereocenters. The molecule has 10 heavy (non-hydrogen) atoms. The number of hydrogen-bond donors (Lipinski definition) is 0. The van der Waals surface area contributed by atoms with Gasteiger partial charge in [0.2, 0.25) is 0 Å². The van der Waals surface area contributed by atoms with Crippen LogP contribution in [0.4, 0.5) is 0 Å². The Morgan fingerprint density at radius 3 is 3.10 bits per heavy atom. The maximum atomic E-state index is 10.3. The predicted octanol–water partition coefficient (Wildman–Crippen LogP) is -0.201. The van der Waals surface area contributed by atoms with Gasteiger partial charge in [-0.25, -0.2) is 9.67 Å². The highest BCUT2D eigenvalue weighted by Crippen LogP contribution is 1.82. The minimum absolute atomic E-state index is 0.134. The van der Waals surface area contributed by atoms with Gasteiger partial charge in [-0.1, -0.05) is 0 Å². The second-order valence-electron chi connectivity index (χ2n) is 1.70. The lowest BCUT2D eigenvalue weighted by Crippen LogP contribution is -2.06. The van der Waals surface area contributed by atoms with Gasteiger partial charge in [0, 0.05) is 6.92 Å². The Balaban J connectivity index is 2.35. The first-order valence-corrected chi connectivity index (χ1v) is 2.75. The fourth-order valence-corrected chi connectivity index (χ4v) is 0.456. The molecular weight excluding hydrogens is 134 g/mol. The molecule has 1 aromatic heterocycles. The summed E-state index contributed by atoms with van der Waals surface area (Å²) >= 11 is 0. The topological polar surface area (TPSA) is 57.0 Å². The Kier molecular flexibility index (Phi) is 1.99. The third-order valence-corrected chi connectivity index (χ3v) is 0.867. The SMILES string of the molecule is CC(=O)OCn1cncn1. The highest BCUT2D eigenvalue weighted by molar-refractivity contribution is 5.65. The molecule has 1 aromatic rings. The van der Waals surface area contributed by atoms with Crippen LogP contribution in [0.2, 0.25) is 0 Å². The van der Waals surface area contributed by atoms with E-state index in [9.17, 15) is 4.79 Å². The van der Waals surface area contributed by atoms with Crippen LogP contribution in [0.15, 0.2) is 12.7 Å². The van der Waals surface area contributed by atoms with Crippen molar-refractivity contribution in [2.75, 3.05) is 0 Å². The normalized spacial score (nSPS) is 9.30. The lowest BCUT2D eigenvalue weighted by molar-refractivity contribution is -0.145. The monoisotopic (exact) mass is 141 g/mol. The number of carbonyl (C=O) groups excluding carboxylic acids is 1. The summed E-state index contributed by atoms with van der Waals surface area (Å²) in [4.78, 5) is 13.9. The summed E-state index contributed by atoms with van der Waals surface area (Å²) in [6.45, 7) is 1.48. The quantitative estimate of drug-likeness (QED) is 0.535. The molecule has 0 radical (unpaired) electrons. The fraction of sp³-hybridized carbons (Fsp3) is 0.400. The van der Waals surface area contributed by atoms with E-state index in [1.54, 1.807) is 0 Å². The van der Waals surface area contributed by atoms with E-state index in [1.165, 1.54) is 24.3 Å². The zero-order valence-corrected chi connectivity index (χ0v) is 5.52. The van der Waals surface area contributed by atoms with Gasteiger partial charge in [-0.2, -0.15) is 5.10 Å². The Morgan fingerprint density at radius 1 is 1.80 bits per heavy atom. The summed E-state index contributed by atoms with van der Waals surface area (Å²) in [7, 11) is 0.